The van der Waals surface area contributed by atoms with Crippen LogP contribution in [-0.4, -0.2) is 29.4 Å². The molecule has 6 rings (SSSR count). The Bertz CT molecular complexity index is 1470. The first-order chi connectivity index (χ1) is 15.4. The summed E-state index contributed by atoms with van der Waals surface area (Å²) in [5, 5.41) is 9.87. The van der Waals surface area contributed by atoms with Crippen LogP contribution in [0.25, 0.3) is 22.4 Å². The van der Waals surface area contributed by atoms with Crippen molar-refractivity contribution in [2.45, 2.75) is 24.4 Å². The molecule has 160 valence electrons. The summed E-state index contributed by atoms with van der Waals surface area (Å²) in [7, 11) is 0. The number of hydrogen-bond acceptors (Lipinski definition) is 4. The van der Waals surface area contributed by atoms with Crippen LogP contribution in [0.3, 0.4) is 0 Å². The Morgan fingerprint density at radius 1 is 1.00 bits per heavy atom. The number of imidazole rings is 1. The summed E-state index contributed by atoms with van der Waals surface area (Å²) in [6, 6.07) is 10.3. The second-order valence-corrected chi connectivity index (χ2v) is 8.23. The molecule has 32 heavy (non-hydrogen) atoms. The number of fused-ring (bicyclic) bond motifs is 2. The minimum Gasteiger partial charge on any atom is -0.236 e. The molecule has 0 saturated heterocycles. The fourth-order valence-corrected chi connectivity index (χ4v) is 4.42. The van der Waals surface area contributed by atoms with Gasteiger partial charge in [0.05, 0.1) is 17.3 Å². The number of halogens is 4. The molecular weight excluding hydrogens is 441 g/mol. The maximum Gasteiger partial charge on any atom is 0.417 e. The lowest BCUT2D eigenvalue weighted by atomic mass is 10.0. The van der Waals surface area contributed by atoms with E-state index in [0.717, 1.165) is 46.4 Å². The molecule has 5 aromatic rings. The van der Waals surface area contributed by atoms with Gasteiger partial charge in [0.2, 0.25) is 0 Å². The third kappa shape index (κ3) is 3.12. The van der Waals surface area contributed by atoms with E-state index in [1.165, 1.54) is 6.07 Å². The number of hydrogen-bond donors (Lipinski definition) is 0. The van der Waals surface area contributed by atoms with E-state index in [1.807, 2.05) is 18.2 Å². The summed E-state index contributed by atoms with van der Waals surface area (Å²) in [4.78, 5) is 8.38. The van der Waals surface area contributed by atoms with E-state index >= 15 is 0 Å². The third-order valence-electron chi connectivity index (χ3n) is 5.86. The summed E-state index contributed by atoms with van der Waals surface area (Å²) < 4.78 is 41.8. The number of aromatic nitrogens is 6. The SMILES string of the molecule is FC(F)(F)c1ccc(-n2ncc3ccc([C@H]4C[C@@H]4c4cc(Cl)nn5ccnc45)cc32)nc1. The van der Waals surface area contributed by atoms with Crippen molar-refractivity contribution in [3.63, 3.8) is 0 Å². The van der Waals surface area contributed by atoms with Crippen LogP contribution >= 0.6 is 11.6 Å². The van der Waals surface area contributed by atoms with Gasteiger partial charge < -0.3 is 0 Å². The molecule has 0 bridgehead atoms. The standard InChI is InChI=1S/C22H14ClF3N6/c23-19-9-17(21-27-5-6-31(21)30-19)16-8-15(16)12-1-2-13-10-29-32(18(13)7-12)20-4-3-14(11-28-20)22(24,25)26/h1-7,9-11,15-16H,8H2/t15-,16+/m1/s1. The van der Waals surface area contributed by atoms with Crippen LogP contribution in [0.15, 0.2) is 61.2 Å². The molecule has 0 spiro atoms. The Morgan fingerprint density at radius 3 is 2.66 bits per heavy atom. The minimum absolute atomic E-state index is 0.262. The van der Waals surface area contributed by atoms with Gasteiger partial charge in [0.1, 0.15) is 5.15 Å². The van der Waals surface area contributed by atoms with Gasteiger partial charge in [0.25, 0.3) is 0 Å². The van der Waals surface area contributed by atoms with Gasteiger partial charge in [-0.15, -0.1) is 0 Å². The van der Waals surface area contributed by atoms with Crippen molar-refractivity contribution < 1.29 is 13.2 Å². The highest BCUT2D eigenvalue weighted by Crippen LogP contribution is 2.55. The van der Waals surface area contributed by atoms with Crippen LogP contribution in [0, 0.1) is 0 Å². The van der Waals surface area contributed by atoms with Gasteiger partial charge in [0, 0.05) is 29.5 Å². The van der Waals surface area contributed by atoms with Crippen molar-refractivity contribution in [1.82, 2.24) is 29.4 Å². The van der Waals surface area contributed by atoms with E-state index in [-0.39, 0.29) is 11.8 Å². The van der Waals surface area contributed by atoms with Crippen molar-refractivity contribution in [2.24, 2.45) is 0 Å². The smallest absolute Gasteiger partial charge is 0.236 e. The lowest BCUT2D eigenvalue weighted by Gasteiger charge is -2.08. The van der Waals surface area contributed by atoms with Gasteiger partial charge in [-0.1, -0.05) is 23.7 Å². The number of nitrogens with zero attached hydrogens (tertiary/aromatic N) is 6. The molecule has 0 aliphatic heterocycles. The van der Waals surface area contributed by atoms with Crippen molar-refractivity contribution >= 4 is 28.2 Å². The van der Waals surface area contributed by atoms with E-state index in [1.54, 1.807) is 27.8 Å². The molecule has 1 aromatic carbocycles. The largest absolute Gasteiger partial charge is 0.417 e. The summed E-state index contributed by atoms with van der Waals surface area (Å²) >= 11 is 6.19. The van der Waals surface area contributed by atoms with E-state index in [0.29, 0.717) is 11.0 Å². The average Bonchev–Trinajstić information content (AvgIpc) is 3.22. The monoisotopic (exact) mass is 454 g/mol. The fraction of sp³-hybridized carbons (Fsp3) is 0.182. The van der Waals surface area contributed by atoms with Gasteiger partial charge in [0.15, 0.2) is 11.5 Å². The summed E-state index contributed by atoms with van der Waals surface area (Å²) in [5.41, 5.74) is 2.97. The first kappa shape index (κ1) is 19.2. The van der Waals surface area contributed by atoms with Gasteiger partial charge in [-0.3, -0.25) is 0 Å². The topological polar surface area (TPSA) is 60.9 Å². The molecule has 1 aliphatic carbocycles. The zero-order valence-corrected chi connectivity index (χ0v) is 17.1. The van der Waals surface area contributed by atoms with Crippen LogP contribution in [0.5, 0.6) is 0 Å². The van der Waals surface area contributed by atoms with Gasteiger partial charge >= 0.3 is 6.18 Å². The molecule has 0 unspecified atom stereocenters. The first-order valence-electron chi connectivity index (χ1n) is 9.89. The highest BCUT2D eigenvalue weighted by atomic mass is 35.5. The van der Waals surface area contributed by atoms with Crippen molar-refractivity contribution in [3.8, 4) is 5.82 Å². The number of rotatable bonds is 3. The lowest BCUT2D eigenvalue weighted by Crippen LogP contribution is -2.07. The third-order valence-corrected chi connectivity index (χ3v) is 6.05. The van der Waals surface area contributed by atoms with Crippen LogP contribution in [0.2, 0.25) is 5.15 Å². The van der Waals surface area contributed by atoms with Gasteiger partial charge in [-0.05, 0) is 48.1 Å². The summed E-state index contributed by atoms with van der Waals surface area (Å²) in [6.07, 6.45) is 2.49. The normalized spacial score (nSPS) is 18.5. The summed E-state index contributed by atoms with van der Waals surface area (Å²) in [6.45, 7) is 0. The predicted octanol–water partition coefficient (Wildman–Crippen LogP) is 5.41. The molecule has 0 radical (unpaired) electrons. The molecule has 0 amide bonds. The Balaban J connectivity index is 1.35. The highest BCUT2D eigenvalue weighted by Gasteiger charge is 2.41. The molecule has 10 heteroatoms. The van der Waals surface area contributed by atoms with Crippen molar-refractivity contribution in [1.29, 1.82) is 0 Å². The number of pyridine rings is 1. The highest BCUT2D eigenvalue weighted by molar-refractivity contribution is 6.29. The Labute approximate surface area is 184 Å². The number of benzene rings is 1. The van der Waals surface area contributed by atoms with Crippen LogP contribution in [0.4, 0.5) is 13.2 Å². The van der Waals surface area contributed by atoms with E-state index in [9.17, 15) is 13.2 Å². The predicted molar refractivity (Wildman–Crippen MR) is 112 cm³/mol. The average molecular weight is 455 g/mol. The molecule has 1 saturated carbocycles. The quantitative estimate of drug-likeness (QED) is 0.366. The Morgan fingerprint density at radius 2 is 1.88 bits per heavy atom. The molecular formula is C22H14ClF3N6. The zero-order chi connectivity index (χ0) is 22.0. The lowest BCUT2D eigenvalue weighted by molar-refractivity contribution is -0.137. The maximum absolute atomic E-state index is 12.9. The van der Waals surface area contributed by atoms with Gasteiger partial charge in [-0.25, -0.2) is 19.2 Å². The molecule has 4 heterocycles. The van der Waals surface area contributed by atoms with Crippen molar-refractivity contribution in [3.05, 3.63) is 83.0 Å². The Kier molecular flexibility index (Phi) is 4.07. The van der Waals surface area contributed by atoms with E-state index in [4.69, 9.17) is 11.6 Å². The minimum atomic E-state index is -4.43. The molecule has 1 fully saturated rings. The molecule has 4 aromatic heterocycles. The molecule has 6 nitrogen and oxygen atoms in total. The zero-order valence-electron chi connectivity index (χ0n) is 16.3. The van der Waals surface area contributed by atoms with Crippen LogP contribution < -0.4 is 0 Å². The fourth-order valence-electron chi connectivity index (χ4n) is 4.22. The van der Waals surface area contributed by atoms with Crippen LogP contribution in [-0.2, 0) is 6.18 Å². The van der Waals surface area contributed by atoms with E-state index < -0.39 is 11.7 Å². The molecule has 2 atom stereocenters. The van der Waals surface area contributed by atoms with E-state index in [2.05, 4.69) is 26.2 Å². The molecule has 1 aliphatic rings. The van der Waals surface area contributed by atoms with Crippen molar-refractivity contribution in [2.75, 3.05) is 0 Å². The molecule has 0 N–H and O–H groups in total. The number of alkyl halides is 3. The Hall–Kier alpha value is -3.46. The van der Waals surface area contributed by atoms with Gasteiger partial charge in [-0.2, -0.15) is 23.4 Å². The first-order valence-corrected chi connectivity index (χ1v) is 10.3. The second kappa shape index (κ2) is 6.77. The summed E-state index contributed by atoms with van der Waals surface area (Å²) in [5.74, 6) is 0.873. The van der Waals surface area contributed by atoms with Crippen LogP contribution in [0.1, 0.15) is 34.9 Å². The second-order valence-electron chi connectivity index (χ2n) is 7.84. The maximum atomic E-state index is 12.9.